The molecule has 0 radical (unpaired) electrons. The molecule has 0 aliphatic carbocycles. The standard InChI is InChI=1S/C13H16BrNO/c1-15-13(11-3-2-8-16-9-11)10-4-6-12(14)7-5-10/h4-7,9,13,15H,2-3,8H2,1H3. The maximum atomic E-state index is 5.40. The molecular formula is C13H16BrNO. The van der Waals surface area contributed by atoms with Gasteiger partial charge in [-0.25, -0.2) is 0 Å². The quantitative estimate of drug-likeness (QED) is 0.917. The number of rotatable bonds is 3. The number of halogens is 1. The van der Waals surface area contributed by atoms with Gasteiger partial charge < -0.3 is 10.1 Å². The van der Waals surface area contributed by atoms with Gasteiger partial charge in [-0.05, 0) is 43.2 Å². The number of ether oxygens (including phenoxy) is 1. The summed E-state index contributed by atoms with van der Waals surface area (Å²) in [4.78, 5) is 0. The van der Waals surface area contributed by atoms with E-state index in [4.69, 9.17) is 4.74 Å². The molecule has 86 valence electrons. The largest absolute Gasteiger partial charge is 0.501 e. The molecular weight excluding hydrogens is 266 g/mol. The van der Waals surface area contributed by atoms with Gasteiger partial charge in [0.05, 0.1) is 18.9 Å². The van der Waals surface area contributed by atoms with E-state index < -0.39 is 0 Å². The van der Waals surface area contributed by atoms with Crippen molar-refractivity contribution in [3.63, 3.8) is 0 Å². The first-order chi connectivity index (χ1) is 7.81. The van der Waals surface area contributed by atoms with E-state index in [1.165, 1.54) is 11.1 Å². The van der Waals surface area contributed by atoms with E-state index in [1.807, 2.05) is 13.3 Å². The maximum Gasteiger partial charge on any atom is 0.0876 e. The highest BCUT2D eigenvalue weighted by atomic mass is 79.9. The van der Waals surface area contributed by atoms with Crippen molar-refractivity contribution in [1.29, 1.82) is 0 Å². The Hall–Kier alpha value is -0.800. The SMILES string of the molecule is CNC(C1=COCCC1)c1ccc(Br)cc1. The average molecular weight is 282 g/mol. The van der Waals surface area contributed by atoms with Gasteiger partial charge in [0.15, 0.2) is 0 Å². The second kappa shape index (κ2) is 5.51. The van der Waals surface area contributed by atoms with Gasteiger partial charge in [-0.15, -0.1) is 0 Å². The summed E-state index contributed by atoms with van der Waals surface area (Å²) in [6.45, 7) is 0.847. The minimum absolute atomic E-state index is 0.272. The number of nitrogens with one attached hydrogen (secondary N) is 1. The van der Waals surface area contributed by atoms with Crippen LogP contribution in [0.2, 0.25) is 0 Å². The van der Waals surface area contributed by atoms with E-state index in [-0.39, 0.29) is 6.04 Å². The van der Waals surface area contributed by atoms with Crippen LogP contribution in [0.3, 0.4) is 0 Å². The lowest BCUT2D eigenvalue weighted by molar-refractivity contribution is 0.220. The van der Waals surface area contributed by atoms with E-state index >= 15 is 0 Å². The normalized spacial score (nSPS) is 17.5. The van der Waals surface area contributed by atoms with Gasteiger partial charge in [0, 0.05) is 4.47 Å². The summed E-state index contributed by atoms with van der Waals surface area (Å²) in [7, 11) is 1.99. The van der Waals surface area contributed by atoms with Crippen molar-refractivity contribution in [2.45, 2.75) is 18.9 Å². The molecule has 3 heteroatoms. The Morgan fingerprint density at radius 3 is 2.62 bits per heavy atom. The highest BCUT2D eigenvalue weighted by molar-refractivity contribution is 9.10. The molecule has 0 amide bonds. The Labute approximate surface area is 105 Å². The zero-order chi connectivity index (χ0) is 11.4. The van der Waals surface area contributed by atoms with E-state index in [2.05, 4.69) is 45.5 Å². The van der Waals surface area contributed by atoms with Crippen molar-refractivity contribution in [2.24, 2.45) is 0 Å². The van der Waals surface area contributed by atoms with Gasteiger partial charge in [-0.1, -0.05) is 28.1 Å². The summed E-state index contributed by atoms with van der Waals surface area (Å²) in [5.74, 6) is 0. The molecule has 1 N–H and O–H groups in total. The van der Waals surface area contributed by atoms with Crippen LogP contribution in [0.25, 0.3) is 0 Å². The minimum Gasteiger partial charge on any atom is -0.501 e. The molecule has 1 aliphatic heterocycles. The Morgan fingerprint density at radius 1 is 1.31 bits per heavy atom. The van der Waals surface area contributed by atoms with Crippen LogP contribution >= 0.6 is 15.9 Å². The van der Waals surface area contributed by atoms with Crippen molar-refractivity contribution < 1.29 is 4.74 Å². The van der Waals surface area contributed by atoms with Crippen LogP contribution < -0.4 is 5.32 Å². The Balaban J connectivity index is 2.21. The smallest absolute Gasteiger partial charge is 0.0876 e. The zero-order valence-electron chi connectivity index (χ0n) is 9.37. The minimum atomic E-state index is 0.272. The van der Waals surface area contributed by atoms with Gasteiger partial charge >= 0.3 is 0 Å². The molecule has 1 aliphatic rings. The van der Waals surface area contributed by atoms with Crippen molar-refractivity contribution in [1.82, 2.24) is 5.32 Å². The van der Waals surface area contributed by atoms with Crippen molar-refractivity contribution in [3.05, 3.63) is 46.1 Å². The molecule has 2 rings (SSSR count). The van der Waals surface area contributed by atoms with Crippen molar-refractivity contribution in [2.75, 3.05) is 13.7 Å². The van der Waals surface area contributed by atoms with Crippen molar-refractivity contribution >= 4 is 15.9 Å². The van der Waals surface area contributed by atoms with Crippen molar-refractivity contribution in [3.8, 4) is 0 Å². The van der Waals surface area contributed by atoms with E-state index in [0.717, 1.165) is 23.9 Å². The van der Waals surface area contributed by atoms with E-state index in [0.29, 0.717) is 0 Å². The number of hydrogen-bond donors (Lipinski definition) is 1. The molecule has 0 aromatic heterocycles. The zero-order valence-corrected chi connectivity index (χ0v) is 11.0. The summed E-state index contributed by atoms with van der Waals surface area (Å²) in [6, 6.07) is 8.70. The number of hydrogen-bond acceptors (Lipinski definition) is 2. The highest BCUT2D eigenvalue weighted by Gasteiger charge is 2.16. The number of likely N-dealkylation sites (N-methyl/N-ethyl adjacent to an activating group) is 1. The molecule has 0 saturated carbocycles. The fourth-order valence-electron chi connectivity index (χ4n) is 2.02. The van der Waals surface area contributed by atoms with Crippen LogP contribution in [-0.2, 0) is 4.74 Å². The van der Waals surface area contributed by atoms with Crippen LogP contribution in [0, 0.1) is 0 Å². The highest BCUT2D eigenvalue weighted by Crippen LogP contribution is 2.28. The first-order valence-corrected chi connectivity index (χ1v) is 6.34. The van der Waals surface area contributed by atoms with E-state index in [1.54, 1.807) is 0 Å². The third-order valence-corrected chi connectivity index (χ3v) is 3.35. The summed E-state index contributed by atoms with van der Waals surface area (Å²) in [5, 5.41) is 3.34. The van der Waals surface area contributed by atoms with Crippen LogP contribution in [0.1, 0.15) is 24.4 Å². The molecule has 1 aromatic carbocycles. The molecule has 0 spiro atoms. The summed E-state index contributed by atoms with van der Waals surface area (Å²) >= 11 is 3.45. The average Bonchev–Trinajstić information content (AvgIpc) is 2.34. The Bertz CT molecular complexity index is 372. The first-order valence-electron chi connectivity index (χ1n) is 5.54. The molecule has 1 unspecified atom stereocenters. The van der Waals surface area contributed by atoms with Crippen LogP contribution in [0.5, 0.6) is 0 Å². The molecule has 0 bridgehead atoms. The molecule has 16 heavy (non-hydrogen) atoms. The Morgan fingerprint density at radius 2 is 2.06 bits per heavy atom. The second-order valence-corrected chi connectivity index (χ2v) is 4.86. The van der Waals surface area contributed by atoms with Crippen LogP contribution in [-0.4, -0.2) is 13.7 Å². The fraction of sp³-hybridized carbons (Fsp3) is 0.385. The lowest BCUT2D eigenvalue weighted by Gasteiger charge is -2.23. The summed E-state index contributed by atoms with van der Waals surface area (Å²) < 4.78 is 6.51. The second-order valence-electron chi connectivity index (χ2n) is 3.94. The summed E-state index contributed by atoms with van der Waals surface area (Å²) in [6.07, 6.45) is 4.13. The molecule has 1 heterocycles. The predicted octanol–water partition coefficient (Wildman–Crippen LogP) is 3.40. The first kappa shape index (κ1) is 11.7. The van der Waals surface area contributed by atoms with Crippen LogP contribution in [0.4, 0.5) is 0 Å². The van der Waals surface area contributed by atoms with Gasteiger partial charge in [0.25, 0.3) is 0 Å². The molecule has 1 atom stereocenters. The Kier molecular flexibility index (Phi) is 4.02. The fourth-order valence-corrected chi connectivity index (χ4v) is 2.28. The van der Waals surface area contributed by atoms with E-state index in [9.17, 15) is 0 Å². The lowest BCUT2D eigenvalue weighted by atomic mass is 9.95. The van der Waals surface area contributed by atoms with Gasteiger partial charge in [-0.2, -0.15) is 0 Å². The van der Waals surface area contributed by atoms with Crippen LogP contribution in [0.15, 0.2) is 40.6 Å². The third-order valence-electron chi connectivity index (χ3n) is 2.83. The molecule has 1 aromatic rings. The summed E-state index contributed by atoms with van der Waals surface area (Å²) in [5.41, 5.74) is 2.61. The topological polar surface area (TPSA) is 21.3 Å². The maximum absolute atomic E-state index is 5.40. The van der Waals surface area contributed by atoms with Gasteiger partial charge in [0.1, 0.15) is 0 Å². The van der Waals surface area contributed by atoms with Gasteiger partial charge in [0.2, 0.25) is 0 Å². The predicted molar refractivity (Wildman–Crippen MR) is 69.2 cm³/mol. The van der Waals surface area contributed by atoms with Gasteiger partial charge in [-0.3, -0.25) is 0 Å². The monoisotopic (exact) mass is 281 g/mol. The molecule has 0 saturated heterocycles. The number of benzene rings is 1. The molecule has 2 nitrogen and oxygen atoms in total. The third kappa shape index (κ3) is 2.66. The lowest BCUT2D eigenvalue weighted by Crippen LogP contribution is -2.20. The molecule has 0 fully saturated rings.